The first kappa shape index (κ1) is 18.5. The molecule has 0 radical (unpaired) electrons. The zero-order valence-corrected chi connectivity index (χ0v) is 15.6. The van der Waals surface area contributed by atoms with Crippen LogP contribution in [0, 0.1) is 0 Å². The summed E-state index contributed by atoms with van der Waals surface area (Å²) in [7, 11) is 0. The fourth-order valence-corrected chi connectivity index (χ4v) is 2.94. The van der Waals surface area contributed by atoms with Crippen molar-refractivity contribution in [2.24, 2.45) is 0 Å². The maximum atomic E-state index is 12.4. The quantitative estimate of drug-likeness (QED) is 0.503. The van der Waals surface area contributed by atoms with Crippen molar-refractivity contribution in [1.29, 1.82) is 0 Å². The zero-order valence-electron chi connectivity index (χ0n) is 15.6. The highest BCUT2D eigenvalue weighted by Gasteiger charge is 2.13. The lowest BCUT2D eigenvalue weighted by Crippen LogP contribution is -2.27. The van der Waals surface area contributed by atoms with Crippen LogP contribution in [0.1, 0.15) is 21.5 Å². The lowest BCUT2D eigenvalue weighted by molar-refractivity contribution is 0.0947. The molecule has 3 aromatic carbocycles. The average molecular weight is 385 g/mol. The third-order valence-corrected chi connectivity index (χ3v) is 4.51. The smallest absolute Gasteiger partial charge is 0.349 e. The number of benzene rings is 3. The molecule has 5 heteroatoms. The van der Waals surface area contributed by atoms with E-state index in [1.54, 1.807) is 24.3 Å². The van der Waals surface area contributed by atoms with Crippen LogP contribution in [0.3, 0.4) is 0 Å². The van der Waals surface area contributed by atoms with Gasteiger partial charge in [0.05, 0.1) is 0 Å². The van der Waals surface area contributed by atoms with Gasteiger partial charge in [-0.05, 0) is 35.4 Å². The van der Waals surface area contributed by atoms with Crippen molar-refractivity contribution in [2.45, 2.75) is 13.2 Å². The summed E-state index contributed by atoms with van der Waals surface area (Å²) in [6.45, 7) is 0.790. The number of fused-ring (bicyclic) bond motifs is 1. The van der Waals surface area contributed by atoms with Crippen LogP contribution in [0.15, 0.2) is 94.1 Å². The average Bonchev–Trinajstić information content (AvgIpc) is 2.77. The molecule has 0 spiro atoms. The van der Waals surface area contributed by atoms with Crippen LogP contribution in [-0.4, -0.2) is 5.91 Å². The fraction of sp³-hybridized carbons (Fsp3) is 0.0833. The second kappa shape index (κ2) is 8.44. The van der Waals surface area contributed by atoms with E-state index in [9.17, 15) is 9.59 Å². The number of ether oxygens (including phenoxy) is 1. The zero-order chi connectivity index (χ0) is 20.1. The number of carbonyl (C=O) groups excluding carboxylic acids is 1. The largest absolute Gasteiger partial charge is 0.489 e. The van der Waals surface area contributed by atoms with Crippen molar-refractivity contribution in [3.05, 3.63) is 112 Å². The van der Waals surface area contributed by atoms with E-state index >= 15 is 0 Å². The van der Waals surface area contributed by atoms with Crippen molar-refractivity contribution in [1.82, 2.24) is 5.32 Å². The van der Waals surface area contributed by atoms with Gasteiger partial charge in [-0.3, -0.25) is 4.79 Å². The molecule has 4 aromatic rings. The Labute approximate surface area is 167 Å². The molecule has 0 saturated carbocycles. The molecule has 4 rings (SSSR count). The van der Waals surface area contributed by atoms with E-state index in [0.29, 0.717) is 24.1 Å². The fourth-order valence-electron chi connectivity index (χ4n) is 2.94. The standard InChI is InChI=1S/C24H19NO4/c26-23(21-14-19-8-4-5-9-22(19)29-24(21)27)25-15-17-10-12-20(13-11-17)28-16-18-6-2-1-3-7-18/h1-14H,15-16H2,(H,25,26). The highest BCUT2D eigenvalue weighted by atomic mass is 16.5. The van der Waals surface area contributed by atoms with Crippen LogP contribution in [0.5, 0.6) is 5.75 Å². The Morgan fingerprint density at radius 3 is 2.38 bits per heavy atom. The number of nitrogens with one attached hydrogen (secondary N) is 1. The Morgan fingerprint density at radius 1 is 0.862 bits per heavy atom. The van der Waals surface area contributed by atoms with E-state index in [1.807, 2.05) is 60.7 Å². The monoisotopic (exact) mass is 385 g/mol. The summed E-state index contributed by atoms with van der Waals surface area (Å²) >= 11 is 0. The van der Waals surface area contributed by atoms with Gasteiger partial charge in [-0.2, -0.15) is 0 Å². The lowest BCUT2D eigenvalue weighted by atomic mass is 10.1. The Balaban J connectivity index is 1.37. The summed E-state index contributed by atoms with van der Waals surface area (Å²) in [5.41, 5.74) is 1.80. The minimum atomic E-state index is -0.647. The maximum absolute atomic E-state index is 12.4. The predicted molar refractivity (Wildman–Crippen MR) is 111 cm³/mol. The molecule has 1 heterocycles. The number of hydrogen-bond acceptors (Lipinski definition) is 4. The predicted octanol–water partition coefficient (Wildman–Crippen LogP) is 4.30. The molecule has 0 aliphatic rings. The lowest BCUT2D eigenvalue weighted by Gasteiger charge is -2.08. The minimum absolute atomic E-state index is 0.00786. The SMILES string of the molecule is O=C(NCc1ccc(OCc2ccccc2)cc1)c1cc2ccccc2oc1=O. The number of hydrogen-bond donors (Lipinski definition) is 1. The van der Waals surface area contributed by atoms with Gasteiger partial charge >= 0.3 is 5.63 Å². The van der Waals surface area contributed by atoms with E-state index in [2.05, 4.69) is 5.32 Å². The van der Waals surface area contributed by atoms with Crippen LogP contribution >= 0.6 is 0 Å². The first-order valence-electron chi connectivity index (χ1n) is 9.26. The topological polar surface area (TPSA) is 68.5 Å². The normalized spacial score (nSPS) is 10.6. The molecule has 5 nitrogen and oxygen atoms in total. The number of carbonyl (C=O) groups is 1. The molecule has 1 amide bonds. The van der Waals surface area contributed by atoms with E-state index in [0.717, 1.165) is 16.9 Å². The molecule has 0 aliphatic heterocycles. The van der Waals surface area contributed by atoms with Gasteiger partial charge in [0.25, 0.3) is 5.91 Å². The Bertz CT molecular complexity index is 1180. The van der Waals surface area contributed by atoms with Crippen LogP contribution in [0.2, 0.25) is 0 Å². The molecule has 29 heavy (non-hydrogen) atoms. The first-order chi connectivity index (χ1) is 14.2. The second-order valence-electron chi connectivity index (χ2n) is 6.59. The first-order valence-corrected chi connectivity index (χ1v) is 9.26. The van der Waals surface area contributed by atoms with Gasteiger partial charge in [0.2, 0.25) is 0 Å². The van der Waals surface area contributed by atoms with E-state index < -0.39 is 11.5 Å². The molecule has 0 bridgehead atoms. The van der Waals surface area contributed by atoms with Gasteiger partial charge in [0.1, 0.15) is 23.5 Å². The third-order valence-electron chi connectivity index (χ3n) is 4.51. The molecule has 0 atom stereocenters. The summed E-state index contributed by atoms with van der Waals surface area (Å²) in [5.74, 6) is 0.285. The Morgan fingerprint density at radius 2 is 1.59 bits per heavy atom. The Kier molecular flexibility index (Phi) is 5.38. The van der Waals surface area contributed by atoms with Crippen LogP contribution < -0.4 is 15.7 Å². The number of amides is 1. The molecule has 1 aromatic heterocycles. The third kappa shape index (κ3) is 4.52. The van der Waals surface area contributed by atoms with Gasteiger partial charge in [0, 0.05) is 11.9 Å². The summed E-state index contributed by atoms with van der Waals surface area (Å²) in [6.07, 6.45) is 0. The molecule has 0 aliphatic carbocycles. The number of para-hydroxylation sites is 1. The van der Waals surface area contributed by atoms with Crippen molar-refractivity contribution >= 4 is 16.9 Å². The van der Waals surface area contributed by atoms with Crippen molar-refractivity contribution in [3.63, 3.8) is 0 Å². The van der Waals surface area contributed by atoms with Crippen LogP contribution in [0.4, 0.5) is 0 Å². The van der Waals surface area contributed by atoms with Gasteiger partial charge < -0.3 is 14.5 Å². The van der Waals surface area contributed by atoms with Crippen LogP contribution in [0.25, 0.3) is 11.0 Å². The van der Waals surface area contributed by atoms with Gasteiger partial charge in [-0.15, -0.1) is 0 Å². The molecule has 1 N–H and O–H groups in total. The molecule has 0 saturated heterocycles. The molecular formula is C24H19NO4. The van der Waals surface area contributed by atoms with E-state index in [-0.39, 0.29) is 5.56 Å². The van der Waals surface area contributed by atoms with E-state index in [4.69, 9.17) is 9.15 Å². The Hall–Kier alpha value is -3.86. The summed E-state index contributed by atoms with van der Waals surface area (Å²) in [6, 6.07) is 26.0. The second-order valence-corrected chi connectivity index (χ2v) is 6.59. The molecular weight excluding hydrogens is 366 g/mol. The summed E-state index contributed by atoms with van der Waals surface area (Å²) in [4.78, 5) is 24.5. The van der Waals surface area contributed by atoms with Crippen molar-refractivity contribution in [2.75, 3.05) is 0 Å². The summed E-state index contributed by atoms with van der Waals surface area (Å²) < 4.78 is 11.0. The van der Waals surface area contributed by atoms with Gasteiger partial charge in [-0.1, -0.05) is 60.7 Å². The van der Waals surface area contributed by atoms with Crippen LogP contribution in [-0.2, 0) is 13.2 Å². The van der Waals surface area contributed by atoms with Crippen molar-refractivity contribution in [3.8, 4) is 5.75 Å². The molecule has 0 fully saturated rings. The number of rotatable bonds is 6. The highest BCUT2D eigenvalue weighted by Crippen LogP contribution is 2.15. The van der Waals surface area contributed by atoms with Gasteiger partial charge in [-0.25, -0.2) is 4.79 Å². The van der Waals surface area contributed by atoms with Crippen molar-refractivity contribution < 1.29 is 13.9 Å². The van der Waals surface area contributed by atoms with E-state index in [1.165, 1.54) is 0 Å². The molecule has 144 valence electrons. The summed E-state index contributed by atoms with van der Waals surface area (Å²) in [5, 5.41) is 3.46. The maximum Gasteiger partial charge on any atom is 0.349 e. The molecule has 0 unspecified atom stereocenters. The van der Waals surface area contributed by atoms with Gasteiger partial charge in [0.15, 0.2) is 0 Å². The highest BCUT2D eigenvalue weighted by molar-refractivity contribution is 5.96. The minimum Gasteiger partial charge on any atom is -0.489 e.